The smallest absolute Gasteiger partial charge is 0.131 e. The van der Waals surface area contributed by atoms with Gasteiger partial charge in [-0.1, -0.05) is 6.92 Å². The predicted molar refractivity (Wildman–Crippen MR) is 32.9 cm³/mol. The number of aliphatic hydroxyl groups excluding tert-OH is 1. The van der Waals surface area contributed by atoms with Crippen LogP contribution in [0, 0.1) is 5.92 Å². The Kier molecular flexibility index (Phi) is 2.03. The van der Waals surface area contributed by atoms with Crippen molar-refractivity contribution in [3.63, 3.8) is 0 Å². The first-order chi connectivity index (χ1) is 4.22. The molecule has 54 valence electrons. The van der Waals surface area contributed by atoms with Gasteiger partial charge in [-0.25, -0.2) is 4.39 Å². The molecule has 1 aliphatic rings. The van der Waals surface area contributed by atoms with Crippen LogP contribution in [-0.4, -0.2) is 30.5 Å². The van der Waals surface area contributed by atoms with E-state index in [1.807, 2.05) is 0 Å². The quantitative estimate of drug-likeness (QED) is 0.484. The molecule has 9 heavy (non-hydrogen) atoms. The molecule has 1 rings (SSSR count). The van der Waals surface area contributed by atoms with Gasteiger partial charge in [-0.05, 0) is 0 Å². The summed E-state index contributed by atoms with van der Waals surface area (Å²) in [6, 6.07) is 0. The first-order valence-corrected chi connectivity index (χ1v) is 3.24. The number of halogens is 1. The molecular weight excluding hydrogens is 121 g/mol. The van der Waals surface area contributed by atoms with Crippen LogP contribution in [0.25, 0.3) is 0 Å². The molecule has 0 aromatic heterocycles. The molecule has 0 spiro atoms. The van der Waals surface area contributed by atoms with E-state index < -0.39 is 12.3 Å². The highest BCUT2D eigenvalue weighted by atomic mass is 19.1. The molecule has 1 heterocycles. The van der Waals surface area contributed by atoms with E-state index >= 15 is 0 Å². The van der Waals surface area contributed by atoms with Gasteiger partial charge >= 0.3 is 0 Å². The van der Waals surface area contributed by atoms with Crippen molar-refractivity contribution in [2.45, 2.75) is 19.2 Å². The van der Waals surface area contributed by atoms with E-state index in [2.05, 4.69) is 5.32 Å². The normalized spacial score (nSPS) is 45.0. The monoisotopic (exact) mass is 133 g/mol. The van der Waals surface area contributed by atoms with Gasteiger partial charge in [0.2, 0.25) is 0 Å². The summed E-state index contributed by atoms with van der Waals surface area (Å²) in [6.45, 7) is 2.86. The predicted octanol–water partition coefficient (Wildman–Crippen LogP) is -0.0753. The summed E-state index contributed by atoms with van der Waals surface area (Å²) >= 11 is 0. The molecule has 0 aromatic rings. The van der Waals surface area contributed by atoms with Crippen LogP contribution in [0.4, 0.5) is 4.39 Å². The van der Waals surface area contributed by atoms with Crippen molar-refractivity contribution < 1.29 is 9.50 Å². The number of piperidine rings is 1. The largest absolute Gasteiger partial charge is 0.389 e. The van der Waals surface area contributed by atoms with Gasteiger partial charge in [-0.15, -0.1) is 0 Å². The molecule has 3 heteroatoms. The van der Waals surface area contributed by atoms with Gasteiger partial charge in [-0.3, -0.25) is 0 Å². The fraction of sp³-hybridized carbons (Fsp3) is 1.00. The maximum atomic E-state index is 12.7. The molecule has 1 aliphatic heterocycles. The summed E-state index contributed by atoms with van der Waals surface area (Å²) in [5, 5.41) is 11.8. The van der Waals surface area contributed by atoms with Gasteiger partial charge in [0, 0.05) is 19.0 Å². The van der Waals surface area contributed by atoms with Gasteiger partial charge < -0.3 is 10.4 Å². The SMILES string of the molecule is C[C@@H]1CNC[C@H](O)[C@@H]1F. The lowest BCUT2D eigenvalue weighted by molar-refractivity contribution is 0.0247. The van der Waals surface area contributed by atoms with Crippen LogP contribution >= 0.6 is 0 Å². The highest BCUT2D eigenvalue weighted by molar-refractivity contribution is 4.81. The lowest BCUT2D eigenvalue weighted by atomic mass is 9.98. The van der Waals surface area contributed by atoms with Crippen LogP contribution in [0.2, 0.25) is 0 Å². The van der Waals surface area contributed by atoms with Crippen molar-refractivity contribution in [2.24, 2.45) is 5.92 Å². The summed E-state index contributed by atoms with van der Waals surface area (Å²) in [6.07, 6.45) is -1.83. The second-order valence-electron chi connectivity index (χ2n) is 2.65. The molecule has 1 saturated heterocycles. The van der Waals surface area contributed by atoms with E-state index in [9.17, 15) is 4.39 Å². The second-order valence-corrected chi connectivity index (χ2v) is 2.65. The summed E-state index contributed by atoms with van der Waals surface area (Å²) in [5.74, 6) is -0.0475. The number of nitrogens with one attached hydrogen (secondary N) is 1. The van der Waals surface area contributed by atoms with Gasteiger partial charge in [0.1, 0.15) is 6.17 Å². The minimum atomic E-state index is -1.04. The Hall–Kier alpha value is -0.150. The summed E-state index contributed by atoms with van der Waals surface area (Å²) in [5.41, 5.74) is 0. The topological polar surface area (TPSA) is 32.3 Å². The van der Waals surface area contributed by atoms with E-state index in [1.54, 1.807) is 6.92 Å². The first kappa shape index (κ1) is 6.96. The average Bonchev–Trinajstić information content (AvgIpc) is 1.83. The minimum absolute atomic E-state index is 0.0475. The standard InChI is InChI=1S/C6H12FNO/c1-4-2-8-3-5(9)6(4)7/h4-6,8-9H,2-3H2,1H3/t4-,5+,6-/m1/s1. The Morgan fingerprint density at radius 1 is 1.56 bits per heavy atom. The zero-order valence-electron chi connectivity index (χ0n) is 5.47. The number of alkyl halides is 1. The molecule has 3 atom stereocenters. The van der Waals surface area contributed by atoms with Gasteiger partial charge in [-0.2, -0.15) is 0 Å². The molecule has 0 amide bonds. The molecule has 0 unspecified atom stereocenters. The van der Waals surface area contributed by atoms with E-state index in [4.69, 9.17) is 5.11 Å². The van der Waals surface area contributed by atoms with Crippen LogP contribution in [0.3, 0.4) is 0 Å². The highest BCUT2D eigenvalue weighted by Gasteiger charge is 2.28. The Labute approximate surface area is 54.1 Å². The molecule has 2 nitrogen and oxygen atoms in total. The summed E-state index contributed by atoms with van der Waals surface area (Å²) in [7, 11) is 0. The Morgan fingerprint density at radius 3 is 2.67 bits per heavy atom. The summed E-state index contributed by atoms with van der Waals surface area (Å²) < 4.78 is 12.7. The maximum absolute atomic E-state index is 12.7. The molecule has 0 saturated carbocycles. The number of hydrogen-bond acceptors (Lipinski definition) is 2. The fourth-order valence-corrected chi connectivity index (χ4v) is 1.06. The average molecular weight is 133 g/mol. The maximum Gasteiger partial charge on any atom is 0.131 e. The van der Waals surface area contributed by atoms with Crippen LogP contribution in [-0.2, 0) is 0 Å². The van der Waals surface area contributed by atoms with Gasteiger partial charge in [0.05, 0.1) is 6.10 Å². The molecule has 0 aromatic carbocycles. The molecular formula is C6H12FNO. The Morgan fingerprint density at radius 2 is 2.22 bits per heavy atom. The number of rotatable bonds is 0. The van der Waals surface area contributed by atoms with Crippen molar-refractivity contribution in [2.75, 3.05) is 13.1 Å². The van der Waals surface area contributed by atoms with Crippen LogP contribution < -0.4 is 5.32 Å². The van der Waals surface area contributed by atoms with Crippen molar-refractivity contribution in [1.82, 2.24) is 5.32 Å². The van der Waals surface area contributed by atoms with E-state index in [0.717, 1.165) is 0 Å². The molecule has 0 bridgehead atoms. The van der Waals surface area contributed by atoms with Crippen molar-refractivity contribution >= 4 is 0 Å². The van der Waals surface area contributed by atoms with Gasteiger partial charge in [0.25, 0.3) is 0 Å². The Bertz CT molecular complexity index is 89.1. The first-order valence-electron chi connectivity index (χ1n) is 3.24. The number of β-amino-alcohol motifs (C(OH)–C–C–N with tert-alkyl or cyclic N) is 1. The van der Waals surface area contributed by atoms with Crippen molar-refractivity contribution in [1.29, 1.82) is 0 Å². The lowest BCUT2D eigenvalue weighted by Gasteiger charge is -2.27. The second kappa shape index (κ2) is 2.62. The summed E-state index contributed by atoms with van der Waals surface area (Å²) in [4.78, 5) is 0. The molecule has 0 radical (unpaired) electrons. The van der Waals surface area contributed by atoms with E-state index in [0.29, 0.717) is 13.1 Å². The van der Waals surface area contributed by atoms with E-state index in [-0.39, 0.29) is 5.92 Å². The third kappa shape index (κ3) is 1.40. The van der Waals surface area contributed by atoms with Crippen molar-refractivity contribution in [3.8, 4) is 0 Å². The molecule has 2 N–H and O–H groups in total. The zero-order valence-corrected chi connectivity index (χ0v) is 5.47. The zero-order chi connectivity index (χ0) is 6.85. The highest BCUT2D eigenvalue weighted by Crippen LogP contribution is 2.13. The third-order valence-electron chi connectivity index (χ3n) is 1.73. The molecule has 1 fully saturated rings. The Balaban J connectivity index is 2.41. The third-order valence-corrected chi connectivity index (χ3v) is 1.73. The van der Waals surface area contributed by atoms with Crippen LogP contribution in [0.5, 0.6) is 0 Å². The minimum Gasteiger partial charge on any atom is -0.389 e. The van der Waals surface area contributed by atoms with E-state index in [1.165, 1.54) is 0 Å². The fourth-order valence-electron chi connectivity index (χ4n) is 1.06. The van der Waals surface area contributed by atoms with Crippen molar-refractivity contribution in [3.05, 3.63) is 0 Å². The van der Waals surface area contributed by atoms with Crippen LogP contribution in [0.1, 0.15) is 6.92 Å². The van der Waals surface area contributed by atoms with Crippen LogP contribution in [0.15, 0.2) is 0 Å². The van der Waals surface area contributed by atoms with Gasteiger partial charge in [0.15, 0.2) is 0 Å². The molecule has 0 aliphatic carbocycles. The number of hydrogen-bond donors (Lipinski definition) is 2. The number of aliphatic hydroxyl groups is 1. The lowest BCUT2D eigenvalue weighted by Crippen LogP contribution is -2.47.